The van der Waals surface area contributed by atoms with Crippen molar-refractivity contribution in [1.82, 2.24) is 0 Å². The van der Waals surface area contributed by atoms with Gasteiger partial charge in [0.05, 0.1) is 12.0 Å². The Morgan fingerprint density at radius 3 is 1.74 bits per heavy atom. The number of Topliss-reactive ketones (excluding diaryl/α,β-unsaturated/α-hetero) is 2. The SMILES string of the molecule is O=C(CC(=O)C1(F)C(F)(F)C(F)(F)C1(F)F)c1cc(F)cc(C(F)(F)F)c1. The predicted octanol–water partition coefficient (Wildman–Crippen LogP) is 4.61. The van der Waals surface area contributed by atoms with Crippen LogP contribution in [0.1, 0.15) is 22.3 Å². The number of ketones is 2. The van der Waals surface area contributed by atoms with Gasteiger partial charge in [-0.2, -0.15) is 39.5 Å². The molecule has 1 saturated carbocycles. The summed E-state index contributed by atoms with van der Waals surface area (Å²) in [5, 5.41) is 0. The van der Waals surface area contributed by atoms with E-state index in [9.17, 15) is 57.9 Å². The van der Waals surface area contributed by atoms with Gasteiger partial charge in [-0.05, 0) is 18.2 Å². The Morgan fingerprint density at radius 2 is 1.30 bits per heavy atom. The van der Waals surface area contributed by atoms with E-state index in [4.69, 9.17) is 0 Å². The standard InChI is InChI=1S/C14H5F11O2/c15-7-2-5(1-6(3-7)11(17,18)19)8(26)4-9(27)10(16)12(20,21)14(24,25)13(10,22)23/h1-3H,4H2. The Balaban J connectivity index is 2.35. The van der Waals surface area contributed by atoms with Gasteiger partial charge in [-0.25, -0.2) is 8.78 Å². The summed E-state index contributed by atoms with van der Waals surface area (Å²) >= 11 is 0. The highest BCUT2D eigenvalue weighted by Crippen LogP contribution is 2.69. The zero-order chi connectivity index (χ0) is 21.2. The summed E-state index contributed by atoms with van der Waals surface area (Å²) in [5.41, 5.74) is -8.78. The third-order valence-electron chi connectivity index (χ3n) is 3.91. The second-order valence-corrected chi connectivity index (χ2v) is 5.63. The van der Waals surface area contributed by atoms with E-state index < -0.39 is 64.5 Å². The maximum absolute atomic E-state index is 13.8. The summed E-state index contributed by atoms with van der Waals surface area (Å²) < 4.78 is 142. The Bertz CT molecular complexity index is 792. The normalized spacial score (nSPS) is 22.0. The van der Waals surface area contributed by atoms with Crippen LogP contribution in [0.15, 0.2) is 18.2 Å². The van der Waals surface area contributed by atoms with Crippen molar-refractivity contribution in [3.63, 3.8) is 0 Å². The van der Waals surface area contributed by atoms with Crippen molar-refractivity contribution in [2.24, 2.45) is 0 Å². The van der Waals surface area contributed by atoms with E-state index >= 15 is 0 Å². The van der Waals surface area contributed by atoms with Gasteiger partial charge in [0.2, 0.25) is 0 Å². The highest BCUT2D eigenvalue weighted by molar-refractivity contribution is 6.11. The molecule has 150 valence electrons. The number of carbonyl (C=O) groups is 2. The molecule has 0 amide bonds. The molecule has 0 saturated heterocycles. The highest BCUT2D eigenvalue weighted by Gasteiger charge is 3.02. The molecule has 1 aliphatic rings. The highest BCUT2D eigenvalue weighted by atomic mass is 19.4. The predicted molar refractivity (Wildman–Crippen MR) is 64.0 cm³/mol. The van der Waals surface area contributed by atoms with Gasteiger partial charge in [0.25, 0.3) is 0 Å². The fraction of sp³-hybridized carbons (Fsp3) is 0.429. The molecule has 0 unspecified atom stereocenters. The summed E-state index contributed by atoms with van der Waals surface area (Å²) in [6.07, 6.45) is -7.41. The Labute approximate surface area is 141 Å². The first-order chi connectivity index (χ1) is 11.9. The quantitative estimate of drug-likeness (QED) is 0.410. The lowest BCUT2D eigenvalue weighted by molar-refractivity contribution is -0.457. The van der Waals surface area contributed by atoms with Crippen LogP contribution in [0.4, 0.5) is 48.3 Å². The molecule has 0 aromatic heterocycles. The van der Waals surface area contributed by atoms with E-state index in [-0.39, 0.29) is 18.2 Å². The lowest BCUT2D eigenvalue weighted by Gasteiger charge is -2.52. The van der Waals surface area contributed by atoms with Crippen LogP contribution in [-0.4, -0.2) is 35.0 Å². The molecule has 0 radical (unpaired) electrons. The van der Waals surface area contributed by atoms with Crippen molar-refractivity contribution in [3.05, 3.63) is 35.1 Å². The number of hydrogen-bond acceptors (Lipinski definition) is 2. The van der Waals surface area contributed by atoms with Gasteiger partial charge >= 0.3 is 29.6 Å². The molecule has 0 N–H and O–H groups in total. The molecule has 1 aromatic rings. The summed E-state index contributed by atoms with van der Waals surface area (Å²) in [5.74, 6) is -25.2. The van der Waals surface area contributed by atoms with Crippen LogP contribution in [-0.2, 0) is 11.0 Å². The van der Waals surface area contributed by atoms with Crippen molar-refractivity contribution in [2.75, 3.05) is 0 Å². The van der Waals surface area contributed by atoms with Crippen LogP contribution in [0.25, 0.3) is 0 Å². The van der Waals surface area contributed by atoms with Crippen molar-refractivity contribution >= 4 is 11.6 Å². The number of benzene rings is 1. The second-order valence-electron chi connectivity index (χ2n) is 5.63. The molecule has 27 heavy (non-hydrogen) atoms. The minimum absolute atomic E-state index is 0.0464. The van der Waals surface area contributed by atoms with Crippen molar-refractivity contribution in [3.8, 4) is 0 Å². The van der Waals surface area contributed by atoms with Crippen LogP contribution in [0.2, 0.25) is 0 Å². The van der Waals surface area contributed by atoms with E-state index in [1.807, 2.05) is 0 Å². The summed E-state index contributed by atoms with van der Waals surface area (Å²) in [6, 6.07) is -0.0271. The fourth-order valence-corrected chi connectivity index (χ4v) is 2.40. The maximum atomic E-state index is 13.8. The Morgan fingerprint density at radius 1 is 0.815 bits per heavy atom. The molecular weight excluding hydrogens is 409 g/mol. The Hall–Kier alpha value is -2.21. The summed E-state index contributed by atoms with van der Waals surface area (Å²) in [4.78, 5) is 23.1. The molecule has 0 heterocycles. The van der Waals surface area contributed by atoms with Gasteiger partial charge < -0.3 is 0 Å². The minimum Gasteiger partial charge on any atom is -0.295 e. The fourth-order valence-electron chi connectivity index (χ4n) is 2.40. The molecule has 0 spiro atoms. The smallest absolute Gasteiger partial charge is 0.295 e. The number of rotatable bonds is 4. The van der Waals surface area contributed by atoms with Crippen molar-refractivity contribution < 1.29 is 57.9 Å². The molecule has 0 bridgehead atoms. The average Bonchev–Trinajstić information content (AvgIpc) is 2.51. The largest absolute Gasteiger partial charge is 0.416 e. The average molecular weight is 414 g/mol. The number of hydrogen-bond donors (Lipinski definition) is 0. The number of halogens is 11. The maximum Gasteiger partial charge on any atom is 0.416 e. The monoisotopic (exact) mass is 414 g/mol. The zero-order valence-corrected chi connectivity index (χ0v) is 12.4. The van der Waals surface area contributed by atoms with Crippen LogP contribution in [0.5, 0.6) is 0 Å². The van der Waals surface area contributed by atoms with Gasteiger partial charge in [0.1, 0.15) is 5.82 Å². The lowest BCUT2D eigenvalue weighted by Crippen LogP contribution is -2.86. The molecule has 0 atom stereocenters. The van der Waals surface area contributed by atoms with Crippen LogP contribution < -0.4 is 0 Å². The van der Waals surface area contributed by atoms with E-state index in [2.05, 4.69) is 0 Å². The van der Waals surface area contributed by atoms with Crippen LogP contribution in [0, 0.1) is 5.82 Å². The summed E-state index contributed by atoms with van der Waals surface area (Å²) in [6.45, 7) is 0. The van der Waals surface area contributed by atoms with Gasteiger partial charge in [0.15, 0.2) is 11.6 Å². The zero-order valence-electron chi connectivity index (χ0n) is 12.4. The van der Waals surface area contributed by atoms with Gasteiger partial charge in [0, 0.05) is 5.56 Å². The van der Waals surface area contributed by atoms with Crippen molar-refractivity contribution in [1.29, 1.82) is 0 Å². The molecule has 1 aliphatic carbocycles. The topological polar surface area (TPSA) is 34.1 Å². The first kappa shape index (κ1) is 21.1. The Kier molecular flexibility index (Phi) is 4.41. The first-order valence-electron chi connectivity index (χ1n) is 6.68. The van der Waals surface area contributed by atoms with Crippen LogP contribution >= 0.6 is 0 Å². The van der Waals surface area contributed by atoms with Gasteiger partial charge in [-0.1, -0.05) is 0 Å². The molecule has 1 aromatic carbocycles. The number of carbonyl (C=O) groups excluding carboxylic acids is 2. The molecule has 2 rings (SSSR count). The van der Waals surface area contributed by atoms with Crippen LogP contribution in [0.3, 0.4) is 0 Å². The molecule has 1 fully saturated rings. The van der Waals surface area contributed by atoms with E-state index in [0.29, 0.717) is 0 Å². The van der Waals surface area contributed by atoms with E-state index in [0.717, 1.165) is 0 Å². The minimum atomic E-state index is -6.23. The number of alkyl halides is 10. The first-order valence-corrected chi connectivity index (χ1v) is 6.68. The third kappa shape index (κ3) is 2.61. The lowest BCUT2D eigenvalue weighted by atomic mass is 9.66. The molecule has 13 heteroatoms. The third-order valence-corrected chi connectivity index (χ3v) is 3.91. The second kappa shape index (κ2) is 5.64. The molecule has 2 nitrogen and oxygen atoms in total. The van der Waals surface area contributed by atoms with Gasteiger partial charge in [-0.3, -0.25) is 9.59 Å². The molecule has 0 aliphatic heterocycles. The van der Waals surface area contributed by atoms with E-state index in [1.165, 1.54) is 0 Å². The van der Waals surface area contributed by atoms with E-state index in [1.54, 1.807) is 0 Å². The summed E-state index contributed by atoms with van der Waals surface area (Å²) in [7, 11) is 0. The molecular formula is C14H5F11O2. The van der Waals surface area contributed by atoms with Gasteiger partial charge in [-0.15, -0.1) is 0 Å². The van der Waals surface area contributed by atoms with Crippen molar-refractivity contribution in [2.45, 2.75) is 36.0 Å².